The molecule has 1 aliphatic rings. The van der Waals surface area contributed by atoms with Gasteiger partial charge in [0.15, 0.2) is 0 Å². The molecule has 0 unspecified atom stereocenters. The van der Waals surface area contributed by atoms with Gasteiger partial charge in [-0.05, 0) is 55.0 Å². The molecular formula is C19H19FN2O3. The number of carboxylic acids is 1. The fourth-order valence-electron chi connectivity index (χ4n) is 3.17. The second kappa shape index (κ2) is 7.42. The Balaban J connectivity index is 1.59. The number of piperidine rings is 1. The summed E-state index contributed by atoms with van der Waals surface area (Å²) < 4.78 is 13.3. The van der Waals surface area contributed by atoms with Gasteiger partial charge in [0.05, 0.1) is 0 Å². The average Bonchev–Trinajstić information content (AvgIpc) is 2.62. The van der Waals surface area contributed by atoms with E-state index in [1.807, 2.05) is 6.07 Å². The number of hydrogen-bond donors (Lipinski definition) is 1. The summed E-state index contributed by atoms with van der Waals surface area (Å²) in [5.41, 5.74) is 0.996. The molecule has 2 aromatic rings. The van der Waals surface area contributed by atoms with Crippen LogP contribution < -0.4 is 0 Å². The summed E-state index contributed by atoms with van der Waals surface area (Å²) in [4.78, 5) is 29.1. The predicted octanol–water partition coefficient (Wildman–Crippen LogP) is 3.01. The molecule has 0 spiro atoms. The summed E-state index contributed by atoms with van der Waals surface area (Å²) in [5, 5.41) is 8.98. The Morgan fingerprint density at radius 3 is 2.48 bits per heavy atom. The number of carbonyl (C=O) groups excluding carboxylic acids is 1. The predicted molar refractivity (Wildman–Crippen MR) is 89.9 cm³/mol. The van der Waals surface area contributed by atoms with Crippen molar-refractivity contribution < 1.29 is 19.1 Å². The fourth-order valence-corrected chi connectivity index (χ4v) is 3.17. The maximum atomic E-state index is 13.3. The molecule has 0 atom stereocenters. The zero-order valence-corrected chi connectivity index (χ0v) is 13.7. The molecule has 1 N–H and O–H groups in total. The lowest BCUT2D eigenvalue weighted by molar-refractivity contribution is 0.0680. The summed E-state index contributed by atoms with van der Waals surface area (Å²) in [6.07, 6.45) is 2.47. The van der Waals surface area contributed by atoms with Crippen LogP contribution in [0.3, 0.4) is 0 Å². The number of benzene rings is 1. The number of carboxylic acid groups (broad SMARTS) is 1. The number of halogens is 1. The van der Waals surface area contributed by atoms with Crippen LogP contribution in [0.2, 0.25) is 0 Å². The number of likely N-dealkylation sites (tertiary alicyclic amines) is 1. The summed E-state index contributed by atoms with van der Waals surface area (Å²) in [6, 6.07) is 11.0. The van der Waals surface area contributed by atoms with E-state index in [-0.39, 0.29) is 23.1 Å². The molecule has 130 valence electrons. The van der Waals surface area contributed by atoms with Crippen molar-refractivity contribution in [1.82, 2.24) is 9.88 Å². The highest BCUT2D eigenvalue weighted by molar-refractivity contribution is 5.94. The molecule has 1 aromatic carbocycles. The first-order valence-electron chi connectivity index (χ1n) is 8.27. The third-order valence-corrected chi connectivity index (χ3v) is 4.50. The van der Waals surface area contributed by atoms with Crippen molar-refractivity contribution in [3.63, 3.8) is 0 Å². The van der Waals surface area contributed by atoms with Crippen molar-refractivity contribution in [2.24, 2.45) is 5.92 Å². The SMILES string of the molecule is O=C(O)c1cccc(C(=O)N2CCC(Cc3cccc(F)c3)CC2)n1. The average molecular weight is 342 g/mol. The van der Waals surface area contributed by atoms with Crippen LogP contribution in [0.25, 0.3) is 0 Å². The number of nitrogens with zero attached hydrogens (tertiary/aromatic N) is 2. The lowest BCUT2D eigenvalue weighted by Crippen LogP contribution is -2.39. The second-order valence-electron chi connectivity index (χ2n) is 6.28. The minimum atomic E-state index is -1.15. The minimum absolute atomic E-state index is 0.133. The molecule has 0 aliphatic carbocycles. The molecule has 2 heterocycles. The molecule has 6 heteroatoms. The Hall–Kier alpha value is -2.76. The first-order chi connectivity index (χ1) is 12.0. The van der Waals surface area contributed by atoms with Gasteiger partial charge in [-0.2, -0.15) is 0 Å². The van der Waals surface area contributed by atoms with E-state index in [1.54, 1.807) is 17.0 Å². The maximum absolute atomic E-state index is 13.3. The number of aromatic nitrogens is 1. The highest BCUT2D eigenvalue weighted by atomic mass is 19.1. The topological polar surface area (TPSA) is 70.5 Å². The van der Waals surface area contributed by atoms with E-state index in [1.165, 1.54) is 24.3 Å². The molecule has 0 saturated carbocycles. The summed E-state index contributed by atoms with van der Waals surface area (Å²) in [7, 11) is 0. The van der Waals surface area contributed by atoms with Gasteiger partial charge >= 0.3 is 5.97 Å². The molecule has 1 aromatic heterocycles. The van der Waals surface area contributed by atoms with Crippen molar-refractivity contribution in [3.05, 3.63) is 65.2 Å². The van der Waals surface area contributed by atoms with E-state index in [2.05, 4.69) is 4.98 Å². The van der Waals surface area contributed by atoms with E-state index in [0.717, 1.165) is 24.8 Å². The second-order valence-corrected chi connectivity index (χ2v) is 6.28. The van der Waals surface area contributed by atoms with Crippen LogP contribution in [0.4, 0.5) is 4.39 Å². The molecule has 0 radical (unpaired) electrons. The van der Waals surface area contributed by atoms with Crippen LogP contribution in [-0.4, -0.2) is 40.0 Å². The van der Waals surface area contributed by atoms with Crippen LogP contribution in [0.1, 0.15) is 39.4 Å². The number of pyridine rings is 1. The van der Waals surface area contributed by atoms with Crippen LogP contribution in [0.15, 0.2) is 42.5 Å². The van der Waals surface area contributed by atoms with E-state index in [0.29, 0.717) is 19.0 Å². The number of hydrogen-bond acceptors (Lipinski definition) is 3. The first-order valence-corrected chi connectivity index (χ1v) is 8.27. The van der Waals surface area contributed by atoms with E-state index in [4.69, 9.17) is 5.11 Å². The standard InChI is InChI=1S/C19H19FN2O3/c20-15-4-1-3-14(12-15)11-13-7-9-22(10-8-13)18(23)16-5-2-6-17(21-16)19(24)25/h1-6,12-13H,7-11H2,(H,24,25). The smallest absolute Gasteiger partial charge is 0.354 e. The van der Waals surface area contributed by atoms with Crippen molar-refractivity contribution in [1.29, 1.82) is 0 Å². The molecule has 3 rings (SSSR count). The first kappa shape index (κ1) is 17.1. The molecule has 1 aliphatic heterocycles. The molecule has 25 heavy (non-hydrogen) atoms. The van der Waals surface area contributed by atoms with Gasteiger partial charge in [-0.3, -0.25) is 4.79 Å². The molecule has 1 fully saturated rings. The molecule has 0 bridgehead atoms. The van der Waals surface area contributed by atoms with Gasteiger partial charge < -0.3 is 10.0 Å². The number of aromatic carboxylic acids is 1. The van der Waals surface area contributed by atoms with E-state index >= 15 is 0 Å². The lowest BCUT2D eigenvalue weighted by Gasteiger charge is -2.32. The van der Waals surface area contributed by atoms with Gasteiger partial charge in [-0.15, -0.1) is 0 Å². The summed E-state index contributed by atoms with van der Waals surface area (Å²) in [6.45, 7) is 1.19. The summed E-state index contributed by atoms with van der Waals surface area (Å²) in [5.74, 6) is -1.21. The highest BCUT2D eigenvalue weighted by Gasteiger charge is 2.25. The Labute approximate surface area is 145 Å². The van der Waals surface area contributed by atoms with E-state index < -0.39 is 5.97 Å². The fraction of sp³-hybridized carbons (Fsp3) is 0.316. The monoisotopic (exact) mass is 342 g/mol. The highest BCUT2D eigenvalue weighted by Crippen LogP contribution is 2.23. The van der Waals surface area contributed by atoms with E-state index in [9.17, 15) is 14.0 Å². The van der Waals surface area contributed by atoms with Crippen molar-refractivity contribution in [2.45, 2.75) is 19.3 Å². The normalized spacial score (nSPS) is 15.2. The van der Waals surface area contributed by atoms with Gasteiger partial charge in [0.1, 0.15) is 17.2 Å². The van der Waals surface area contributed by atoms with Crippen LogP contribution >= 0.6 is 0 Å². The maximum Gasteiger partial charge on any atom is 0.354 e. The van der Waals surface area contributed by atoms with Gasteiger partial charge in [0.25, 0.3) is 5.91 Å². The minimum Gasteiger partial charge on any atom is -0.477 e. The number of amides is 1. The third kappa shape index (κ3) is 4.21. The van der Waals surface area contributed by atoms with Crippen molar-refractivity contribution in [3.8, 4) is 0 Å². The van der Waals surface area contributed by atoms with Crippen molar-refractivity contribution in [2.75, 3.05) is 13.1 Å². The Bertz CT molecular complexity index is 786. The van der Waals surface area contributed by atoms with Crippen molar-refractivity contribution >= 4 is 11.9 Å². The Morgan fingerprint density at radius 2 is 1.80 bits per heavy atom. The zero-order valence-electron chi connectivity index (χ0n) is 13.7. The Morgan fingerprint density at radius 1 is 1.12 bits per heavy atom. The van der Waals surface area contributed by atoms with Crippen LogP contribution in [0, 0.1) is 11.7 Å². The quantitative estimate of drug-likeness (QED) is 0.927. The van der Waals surface area contributed by atoms with Gasteiger partial charge in [0.2, 0.25) is 0 Å². The van der Waals surface area contributed by atoms with Gasteiger partial charge in [-0.1, -0.05) is 18.2 Å². The third-order valence-electron chi connectivity index (χ3n) is 4.50. The number of rotatable bonds is 4. The molecular weight excluding hydrogens is 323 g/mol. The Kier molecular flexibility index (Phi) is 5.07. The van der Waals surface area contributed by atoms with Gasteiger partial charge in [0, 0.05) is 13.1 Å². The molecule has 1 amide bonds. The lowest BCUT2D eigenvalue weighted by atomic mass is 9.90. The largest absolute Gasteiger partial charge is 0.477 e. The molecule has 1 saturated heterocycles. The van der Waals surface area contributed by atoms with Crippen LogP contribution in [-0.2, 0) is 6.42 Å². The molecule has 5 nitrogen and oxygen atoms in total. The zero-order chi connectivity index (χ0) is 17.8. The van der Waals surface area contributed by atoms with Gasteiger partial charge in [-0.25, -0.2) is 14.2 Å². The van der Waals surface area contributed by atoms with Crippen LogP contribution in [0.5, 0.6) is 0 Å². The summed E-state index contributed by atoms with van der Waals surface area (Å²) >= 11 is 0. The number of carbonyl (C=O) groups is 2.